The molecule has 0 aliphatic carbocycles. The molecule has 0 unspecified atom stereocenters. The van der Waals surface area contributed by atoms with Gasteiger partial charge in [-0.1, -0.05) is 26.0 Å². The van der Waals surface area contributed by atoms with Crippen LogP contribution in [0.15, 0.2) is 18.2 Å². The van der Waals surface area contributed by atoms with Crippen LogP contribution < -0.4 is 4.74 Å². The molecule has 2 heteroatoms. The van der Waals surface area contributed by atoms with E-state index in [9.17, 15) is 0 Å². The second-order valence-electron chi connectivity index (χ2n) is 4.60. The molecule has 92 valence electrons. The van der Waals surface area contributed by atoms with Crippen LogP contribution in [-0.4, -0.2) is 7.11 Å². The van der Waals surface area contributed by atoms with E-state index < -0.39 is 0 Å². The molecule has 17 heavy (non-hydrogen) atoms. The van der Waals surface area contributed by atoms with Gasteiger partial charge in [-0.25, -0.2) is 0 Å². The number of nitrogens with zero attached hydrogens (tertiary/aromatic N) is 1. The van der Waals surface area contributed by atoms with Gasteiger partial charge in [0.2, 0.25) is 0 Å². The van der Waals surface area contributed by atoms with Crippen molar-refractivity contribution in [3.8, 4) is 11.8 Å². The molecular weight excluding hydrogens is 210 g/mol. The summed E-state index contributed by atoms with van der Waals surface area (Å²) in [4.78, 5) is 0. The molecule has 1 aromatic rings. The molecule has 0 spiro atoms. The predicted molar refractivity (Wildman–Crippen MR) is 70.3 cm³/mol. The summed E-state index contributed by atoms with van der Waals surface area (Å²) in [5.74, 6) is 1.45. The fraction of sp³-hybridized carbons (Fsp3) is 0.533. The highest BCUT2D eigenvalue weighted by Gasteiger charge is 2.07. The molecule has 1 rings (SSSR count). The summed E-state index contributed by atoms with van der Waals surface area (Å²) >= 11 is 0. The Labute approximate surface area is 104 Å². The van der Waals surface area contributed by atoms with Crippen molar-refractivity contribution in [3.63, 3.8) is 0 Å². The maximum Gasteiger partial charge on any atom is 0.122 e. The molecule has 0 radical (unpaired) electrons. The number of hydrogen-bond donors (Lipinski definition) is 0. The van der Waals surface area contributed by atoms with Crippen LogP contribution in [0.1, 0.15) is 50.2 Å². The van der Waals surface area contributed by atoms with E-state index in [-0.39, 0.29) is 0 Å². The minimum absolute atomic E-state index is 0.476. The number of ether oxygens (including phenoxy) is 1. The maximum atomic E-state index is 8.48. The third-order valence-corrected chi connectivity index (χ3v) is 2.92. The van der Waals surface area contributed by atoms with Crippen molar-refractivity contribution in [2.45, 2.75) is 45.4 Å². The van der Waals surface area contributed by atoms with Gasteiger partial charge in [-0.05, 0) is 42.4 Å². The SMILES string of the molecule is COc1ccc(CCCCC#N)cc1C(C)C. The number of benzene rings is 1. The average Bonchev–Trinajstić information content (AvgIpc) is 2.34. The topological polar surface area (TPSA) is 33.0 Å². The van der Waals surface area contributed by atoms with Gasteiger partial charge < -0.3 is 4.74 Å². The Bertz CT molecular complexity index is 390. The maximum absolute atomic E-state index is 8.48. The highest BCUT2D eigenvalue weighted by Crippen LogP contribution is 2.27. The van der Waals surface area contributed by atoms with E-state index in [0.717, 1.165) is 25.0 Å². The quantitative estimate of drug-likeness (QED) is 0.692. The first-order valence-electron chi connectivity index (χ1n) is 6.22. The summed E-state index contributed by atoms with van der Waals surface area (Å²) < 4.78 is 5.36. The number of methoxy groups -OCH3 is 1. The predicted octanol–water partition coefficient (Wildman–Crippen LogP) is 4.05. The zero-order valence-corrected chi connectivity index (χ0v) is 11.0. The van der Waals surface area contributed by atoms with Gasteiger partial charge in [0.15, 0.2) is 0 Å². The van der Waals surface area contributed by atoms with Gasteiger partial charge in [0.05, 0.1) is 13.2 Å². The third-order valence-electron chi connectivity index (χ3n) is 2.92. The van der Waals surface area contributed by atoms with Crippen LogP contribution in [-0.2, 0) is 6.42 Å². The zero-order valence-electron chi connectivity index (χ0n) is 11.0. The number of aryl methyl sites for hydroxylation is 1. The second-order valence-corrected chi connectivity index (χ2v) is 4.60. The fourth-order valence-corrected chi connectivity index (χ4v) is 1.92. The third kappa shape index (κ3) is 4.11. The van der Waals surface area contributed by atoms with Crippen LogP contribution in [0.25, 0.3) is 0 Å². The fourth-order valence-electron chi connectivity index (χ4n) is 1.92. The minimum Gasteiger partial charge on any atom is -0.496 e. The minimum atomic E-state index is 0.476. The van der Waals surface area contributed by atoms with E-state index in [1.807, 2.05) is 0 Å². The van der Waals surface area contributed by atoms with Crippen molar-refractivity contribution in [3.05, 3.63) is 29.3 Å². The van der Waals surface area contributed by atoms with E-state index in [1.54, 1.807) is 7.11 Å². The number of hydrogen-bond acceptors (Lipinski definition) is 2. The van der Waals surface area contributed by atoms with Gasteiger partial charge in [0, 0.05) is 6.42 Å². The first-order valence-corrected chi connectivity index (χ1v) is 6.22. The van der Waals surface area contributed by atoms with Crippen LogP contribution in [0.4, 0.5) is 0 Å². The van der Waals surface area contributed by atoms with Crippen molar-refractivity contribution in [1.82, 2.24) is 0 Å². The van der Waals surface area contributed by atoms with Gasteiger partial charge in [0.25, 0.3) is 0 Å². The normalized spacial score (nSPS) is 10.3. The molecule has 0 N–H and O–H groups in total. The number of unbranched alkanes of at least 4 members (excludes halogenated alkanes) is 2. The van der Waals surface area contributed by atoms with Crippen molar-refractivity contribution in [2.24, 2.45) is 0 Å². The summed E-state index contributed by atoms with van der Waals surface area (Å²) in [6, 6.07) is 8.59. The lowest BCUT2D eigenvalue weighted by molar-refractivity contribution is 0.407. The molecular formula is C15H21NO. The van der Waals surface area contributed by atoms with E-state index in [2.05, 4.69) is 38.1 Å². The Morgan fingerprint density at radius 3 is 2.65 bits per heavy atom. The molecule has 0 fully saturated rings. The Kier molecular flexibility index (Phi) is 5.56. The molecule has 0 aliphatic heterocycles. The summed E-state index contributed by atoms with van der Waals surface area (Å²) in [5, 5.41) is 8.48. The van der Waals surface area contributed by atoms with Crippen LogP contribution >= 0.6 is 0 Å². The molecule has 0 heterocycles. The molecule has 0 saturated carbocycles. The molecule has 0 amide bonds. The number of nitriles is 1. The Morgan fingerprint density at radius 2 is 2.06 bits per heavy atom. The van der Waals surface area contributed by atoms with Gasteiger partial charge in [0.1, 0.15) is 5.75 Å². The Hall–Kier alpha value is -1.49. The van der Waals surface area contributed by atoms with Crippen LogP contribution in [0.5, 0.6) is 5.75 Å². The summed E-state index contributed by atoms with van der Waals surface area (Å²) in [7, 11) is 1.72. The van der Waals surface area contributed by atoms with Crippen molar-refractivity contribution in [2.75, 3.05) is 7.11 Å². The van der Waals surface area contributed by atoms with Crippen LogP contribution in [0.2, 0.25) is 0 Å². The van der Waals surface area contributed by atoms with E-state index in [0.29, 0.717) is 12.3 Å². The molecule has 0 aromatic heterocycles. The van der Waals surface area contributed by atoms with E-state index in [4.69, 9.17) is 10.00 Å². The average molecular weight is 231 g/mol. The van der Waals surface area contributed by atoms with Gasteiger partial charge in [-0.2, -0.15) is 5.26 Å². The largest absolute Gasteiger partial charge is 0.496 e. The lowest BCUT2D eigenvalue weighted by Crippen LogP contribution is -1.96. The van der Waals surface area contributed by atoms with Crippen molar-refractivity contribution >= 4 is 0 Å². The zero-order chi connectivity index (χ0) is 12.7. The Balaban J connectivity index is 2.68. The van der Waals surface area contributed by atoms with Crippen molar-refractivity contribution < 1.29 is 4.74 Å². The first kappa shape index (κ1) is 13.6. The first-order chi connectivity index (χ1) is 8.19. The molecule has 0 aliphatic rings. The summed E-state index contributed by atoms with van der Waals surface area (Å²) in [5.41, 5.74) is 2.61. The molecule has 0 saturated heterocycles. The van der Waals surface area contributed by atoms with E-state index in [1.165, 1.54) is 11.1 Å². The molecule has 2 nitrogen and oxygen atoms in total. The Morgan fingerprint density at radius 1 is 1.29 bits per heavy atom. The van der Waals surface area contributed by atoms with Gasteiger partial charge >= 0.3 is 0 Å². The van der Waals surface area contributed by atoms with E-state index >= 15 is 0 Å². The number of rotatable bonds is 6. The van der Waals surface area contributed by atoms with Crippen LogP contribution in [0.3, 0.4) is 0 Å². The lowest BCUT2D eigenvalue weighted by Gasteiger charge is -2.13. The van der Waals surface area contributed by atoms with Gasteiger partial charge in [-0.15, -0.1) is 0 Å². The molecule has 0 atom stereocenters. The lowest BCUT2D eigenvalue weighted by atomic mass is 9.97. The van der Waals surface area contributed by atoms with Crippen LogP contribution in [0, 0.1) is 11.3 Å². The molecule has 1 aromatic carbocycles. The monoisotopic (exact) mass is 231 g/mol. The standard InChI is InChI=1S/C15H21NO/c1-12(2)14-11-13(7-5-4-6-10-16)8-9-15(14)17-3/h8-9,11-12H,4-7H2,1-3H3. The summed E-state index contributed by atoms with van der Waals surface area (Å²) in [6.07, 6.45) is 3.77. The van der Waals surface area contributed by atoms with Crippen molar-refractivity contribution in [1.29, 1.82) is 5.26 Å². The second kappa shape index (κ2) is 6.96. The smallest absolute Gasteiger partial charge is 0.122 e. The van der Waals surface area contributed by atoms with Gasteiger partial charge in [-0.3, -0.25) is 0 Å². The summed E-state index contributed by atoms with van der Waals surface area (Å²) in [6.45, 7) is 4.36. The highest BCUT2D eigenvalue weighted by atomic mass is 16.5. The molecule has 0 bridgehead atoms. The highest BCUT2D eigenvalue weighted by molar-refractivity contribution is 5.39.